The second-order valence-electron chi connectivity index (χ2n) is 7.35. The standard InChI is InChI=1S/C18H29N5O4S/c1-28(25,26)22-9-2-3-16(13-22)23(15-5-11-27-12-6-15)10-8-20-18(24)17-4-7-19-14-21-17/h4,7,14-16H,2-3,5-6,8-13H2,1H3,(H,20,24). The van der Waals surface area contributed by atoms with Crippen LogP contribution in [-0.2, 0) is 14.8 Å². The molecule has 2 saturated heterocycles. The van der Waals surface area contributed by atoms with Crippen LogP contribution in [-0.4, -0.2) is 91.2 Å². The van der Waals surface area contributed by atoms with E-state index in [0.717, 1.165) is 38.9 Å². The Labute approximate surface area is 166 Å². The molecular formula is C18H29N5O4S. The minimum atomic E-state index is -3.19. The Kier molecular flexibility index (Phi) is 7.33. The maximum Gasteiger partial charge on any atom is 0.270 e. The fraction of sp³-hybridized carbons (Fsp3) is 0.722. The first kappa shape index (κ1) is 21.1. The lowest BCUT2D eigenvalue weighted by molar-refractivity contribution is 0.00672. The molecule has 28 heavy (non-hydrogen) atoms. The lowest BCUT2D eigenvalue weighted by atomic mass is 9.99. The molecule has 0 radical (unpaired) electrons. The average Bonchev–Trinajstić information content (AvgIpc) is 2.72. The number of nitrogens with zero attached hydrogens (tertiary/aromatic N) is 4. The van der Waals surface area contributed by atoms with Crippen molar-refractivity contribution >= 4 is 15.9 Å². The van der Waals surface area contributed by atoms with Crippen LogP contribution in [0.15, 0.2) is 18.6 Å². The lowest BCUT2D eigenvalue weighted by Crippen LogP contribution is -2.55. The van der Waals surface area contributed by atoms with Crippen molar-refractivity contribution < 1.29 is 17.9 Å². The molecule has 0 aromatic carbocycles. The van der Waals surface area contributed by atoms with Gasteiger partial charge in [-0.3, -0.25) is 9.69 Å². The predicted octanol–water partition coefficient (Wildman–Crippen LogP) is 0.111. The van der Waals surface area contributed by atoms with Gasteiger partial charge in [-0.05, 0) is 31.7 Å². The molecule has 3 rings (SSSR count). The maximum absolute atomic E-state index is 12.2. The van der Waals surface area contributed by atoms with E-state index >= 15 is 0 Å². The van der Waals surface area contributed by atoms with Gasteiger partial charge in [-0.1, -0.05) is 0 Å². The monoisotopic (exact) mass is 411 g/mol. The Morgan fingerprint density at radius 3 is 2.79 bits per heavy atom. The third-order valence-electron chi connectivity index (χ3n) is 5.43. The Balaban J connectivity index is 1.63. The summed E-state index contributed by atoms with van der Waals surface area (Å²) in [4.78, 5) is 22.4. The molecule has 1 amide bonds. The van der Waals surface area contributed by atoms with Gasteiger partial charge in [0.2, 0.25) is 10.0 Å². The van der Waals surface area contributed by atoms with E-state index < -0.39 is 10.0 Å². The SMILES string of the molecule is CS(=O)(=O)N1CCCC(N(CCNC(=O)c2ccncn2)C2CCOCC2)C1. The van der Waals surface area contributed by atoms with Crippen LogP contribution < -0.4 is 5.32 Å². The number of carbonyl (C=O) groups is 1. The van der Waals surface area contributed by atoms with Gasteiger partial charge in [0.1, 0.15) is 12.0 Å². The van der Waals surface area contributed by atoms with E-state index in [1.54, 1.807) is 10.4 Å². The second kappa shape index (κ2) is 9.73. The van der Waals surface area contributed by atoms with Crippen molar-refractivity contribution in [2.24, 2.45) is 0 Å². The highest BCUT2D eigenvalue weighted by Gasteiger charge is 2.33. The molecule has 0 spiro atoms. The maximum atomic E-state index is 12.2. The summed E-state index contributed by atoms with van der Waals surface area (Å²) >= 11 is 0. The van der Waals surface area contributed by atoms with E-state index in [4.69, 9.17) is 4.74 Å². The number of hydrogen-bond donors (Lipinski definition) is 1. The molecule has 1 aromatic rings. The van der Waals surface area contributed by atoms with E-state index in [2.05, 4.69) is 20.2 Å². The summed E-state index contributed by atoms with van der Waals surface area (Å²) in [6.45, 7) is 3.69. The zero-order chi connectivity index (χ0) is 20.0. The lowest BCUT2D eigenvalue weighted by Gasteiger charge is -2.43. The van der Waals surface area contributed by atoms with Crippen LogP contribution >= 0.6 is 0 Å². The van der Waals surface area contributed by atoms with Crippen molar-refractivity contribution in [2.75, 3.05) is 45.6 Å². The number of sulfonamides is 1. The Morgan fingerprint density at radius 1 is 1.32 bits per heavy atom. The van der Waals surface area contributed by atoms with Crippen molar-refractivity contribution in [3.05, 3.63) is 24.3 Å². The first-order valence-corrected chi connectivity index (χ1v) is 11.6. The molecule has 9 nitrogen and oxygen atoms in total. The molecule has 0 aliphatic carbocycles. The van der Waals surface area contributed by atoms with Crippen LogP contribution in [0.5, 0.6) is 0 Å². The summed E-state index contributed by atoms with van der Waals surface area (Å²) in [5, 5.41) is 2.92. The first-order valence-electron chi connectivity index (χ1n) is 9.78. The summed E-state index contributed by atoms with van der Waals surface area (Å²) < 4.78 is 31.1. The summed E-state index contributed by atoms with van der Waals surface area (Å²) in [7, 11) is -3.19. The number of aromatic nitrogens is 2. The molecule has 1 N–H and O–H groups in total. The van der Waals surface area contributed by atoms with Crippen molar-refractivity contribution in [2.45, 2.75) is 37.8 Å². The molecule has 2 aliphatic heterocycles. The van der Waals surface area contributed by atoms with Crippen LogP contribution in [0.3, 0.4) is 0 Å². The molecule has 3 heterocycles. The van der Waals surface area contributed by atoms with Crippen molar-refractivity contribution in [1.82, 2.24) is 24.5 Å². The predicted molar refractivity (Wildman–Crippen MR) is 104 cm³/mol. The van der Waals surface area contributed by atoms with Crippen LogP contribution in [0.2, 0.25) is 0 Å². The minimum Gasteiger partial charge on any atom is -0.381 e. The summed E-state index contributed by atoms with van der Waals surface area (Å²) in [5.74, 6) is -0.226. The highest BCUT2D eigenvalue weighted by Crippen LogP contribution is 2.24. The number of carbonyl (C=O) groups excluding carboxylic acids is 1. The molecule has 10 heteroatoms. The number of piperidine rings is 1. The third kappa shape index (κ3) is 5.69. The first-order chi connectivity index (χ1) is 13.4. The van der Waals surface area contributed by atoms with Crippen LogP contribution in [0.1, 0.15) is 36.2 Å². The highest BCUT2D eigenvalue weighted by molar-refractivity contribution is 7.88. The van der Waals surface area contributed by atoms with Gasteiger partial charge < -0.3 is 10.1 Å². The summed E-state index contributed by atoms with van der Waals surface area (Å²) in [6.07, 6.45) is 7.83. The van der Waals surface area contributed by atoms with E-state index in [-0.39, 0.29) is 11.9 Å². The number of amides is 1. The molecule has 1 aromatic heterocycles. The number of nitrogens with one attached hydrogen (secondary N) is 1. The highest BCUT2D eigenvalue weighted by atomic mass is 32.2. The molecule has 2 fully saturated rings. The molecule has 2 aliphatic rings. The van der Waals surface area contributed by atoms with Gasteiger partial charge in [0.25, 0.3) is 5.91 Å². The fourth-order valence-electron chi connectivity index (χ4n) is 3.99. The van der Waals surface area contributed by atoms with Crippen LogP contribution in [0.25, 0.3) is 0 Å². The second-order valence-corrected chi connectivity index (χ2v) is 9.33. The van der Waals surface area contributed by atoms with E-state index in [1.807, 2.05) is 0 Å². The fourth-order valence-corrected chi connectivity index (χ4v) is 4.89. The molecular weight excluding hydrogens is 382 g/mol. The van der Waals surface area contributed by atoms with Gasteiger partial charge in [0.05, 0.1) is 6.26 Å². The van der Waals surface area contributed by atoms with Crippen molar-refractivity contribution in [3.63, 3.8) is 0 Å². The zero-order valence-corrected chi connectivity index (χ0v) is 17.1. The average molecular weight is 412 g/mol. The van der Waals surface area contributed by atoms with E-state index in [1.165, 1.54) is 18.8 Å². The van der Waals surface area contributed by atoms with Crippen molar-refractivity contribution in [3.8, 4) is 0 Å². The van der Waals surface area contributed by atoms with Gasteiger partial charge in [0.15, 0.2) is 0 Å². The van der Waals surface area contributed by atoms with Crippen molar-refractivity contribution in [1.29, 1.82) is 0 Å². The Hall–Kier alpha value is -1.62. The van der Waals surface area contributed by atoms with Gasteiger partial charge in [-0.15, -0.1) is 0 Å². The quantitative estimate of drug-likeness (QED) is 0.679. The summed E-state index contributed by atoms with van der Waals surface area (Å²) in [5.41, 5.74) is 0.341. The Morgan fingerprint density at radius 2 is 2.11 bits per heavy atom. The molecule has 1 atom stereocenters. The van der Waals surface area contributed by atoms with Gasteiger partial charge in [0, 0.05) is 57.7 Å². The van der Waals surface area contributed by atoms with E-state index in [9.17, 15) is 13.2 Å². The summed E-state index contributed by atoms with van der Waals surface area (Å²) in [6, 6.07) is 2.08. The smallest absolute Gasteiger partial charge is 0.270 e. The largest absolute Gasteiger partial charge is 0.381 e. The minimum absolute atomic E-state index is 0.155. The molecule has 1 unspecified atom stereocenters. The normalized spacial score (nSPS) is 22.3. The van der Waals surface area contributed by atoms with Gasteiger partial charge in [-0.25, -0.2) is 22.7 Å². The zero-order valence-electron chi connectivity index (χ0n) is 16.3. The van der Waals surface area contributed by atoms with Gasteiger partial charge in [-0.2, -0.15) is 0 Å². The number of rotatable bonds is 7. The molecule has 156 valence electrons. The molecule has 0 saturated carbocycles. The van der Waals surface area contributed by atoms with E-state index in [0.29, 0.717) is 37.9 Å². The topological polar surface area (TPSA) is 105 Å². The van der Waals surface area contributed by atoms with Crippen LogP contribution in [0, 0.1) is 0 Å². The molecule has 0 bridgehead atoms. The Bertz CT molecular complexity index is 740. The van der Waals surface area contributed by atoms with Gasteiger partial charge >= 0.3 is 0 Å². The van der Waals surface area contributed by atoms with Crippen LogP contribution in [0.4, 0.5) is 0 Å². The number of hydrogen-bond acceptors (Lipinski definition) is 7. The number of ether oxygens (including phenoxy) is 1. The third-order valence-corrected chi connectivity index (χ3v) is 6.70.